The Morgan fingerprint density at radius 3 is 2.30 bits per heavy atom. The maximum Gasteiger partial charge on any atom is 0.146 e. The van der Waals surface area contributed by atoms with Crippen LogP contribution < -0.4 is 10.2 Å². The minimum Gasteiger partial charge on any atom is -0.366 e. The van der Waals surface area contributed by atoms with Crippen molar-refractivity contribution in [3.05, 3.63) is 29.6 Å². The van der Waals surface area contributed by atoms with Gasteiger partial charge in [-0.2, -0.15) is 0 Å². The molecule has 3 nitrogen and oxygen atoms in total. The second-order valence-corrected chi connectivity index (χ2v) is 6.79. The molecule has 1 aliphatic rings. The molecule has 2 rings (SSSR count). The summed E-state index contributed by atoms with van der Waals surface area (Å²) in [6.07, 6.45) is 0. The third-order valence-corrected chi connectivity index (χ3v) is 3.43. The van der Waals surface area contributed by atoms with Gasteiger partial charge in [-0.25, -0.2) is 4.39 Å². The summed E-state index contributed by atoms with van der Waals surface area (Å²) in [6, 6.07) is 5.46. The van der Waals surface area contributed by atoms with Crippen molar-refractivity contribution in [3.63, 3.8) is 0 Å². The first kappa shape index (κ1) is 15.3. The van der Waals surface area contributed by atoms with Crippen LogP contribution in [0.25, 0.3) is 0 Å². The Morgan fingerprint density at radius 1 is 1.20 bits per heavy atom. The van der Waals surface area contributed by atoms with E-state index in [1.807, 2.05) is 46.9 Å². The van der Waals surface area contributed by atoms with Crippen LogP contribution in [0, 0.1) is 5.82 Å². The lowest BCUT2D eigenvalue weighted by Gasteiger charge is -2.48. The van der Waals surface area contributed by atoms with Crippen molar-refractivity contribution < 1.29 is 9.13 Å². The summed E-state index contributed by atoms with van der Waals surface area (Å²) in [5.74, 6) is -0.161. The van der Waals surface area contributed by atoms with Gasteiger partial charge in [-0.05, 0) is 52.4 Å². The maximum absolute atomic E-state index is 14.4. The van der Waals surface area contributed by atoms with Gasteiger partial charge in [0.2, 0.25) is 0 Å². The number of anilines is 1. The first-order valence-corrected chi connectivity index (χ1v) is 7.11. The number of halogens is 1. The van der Waals surface area contributed by atoms with Crippen LogP contribution in [0.5, 0.6) is 0 Å². The molecule has 0 aliphatic carbocycles. The SMILES string of the molecule is CNCc1ccc(N2CC(C)(C)OC(C)(C)C2)c(F)c1. The molecule has 0 atom stereocenters. The summed E-state index contributed by atoms with van der Waals surface area (Å²) < 4.78 is 20.4. The molecule has 0 spiro atoms. The van der Waals surface area contributed by atoms with E-state index in [1.54, 1.807) is 6.07 Å². The van der Waals surface area contributed by atoms with Gasteiger partial charge < -0.3 is 15.0 Å². The normalized spacial score (nSPS) is 21.0. The molecule has 1 heterocycles. The van der Waals surface area contributed by atoms with E-state index >= 15 is 0 Å². The van der Waals surface area contributed by atoms with E-state index in [2.05, 4.69) is 10.2 Å². The fraction of sp³-hybridized carbons (Fsp3) is 0.625. The lowest BCUT2D eigenvalue weighted by Crippen LogP contribution is -2.57. The molecule has 4 heteroatoms. The van der Waals surface area contributed by atoms with Crippen LogP contribution in [0.15, 0.2) is 18.2 Å². The monoisotopic (exact) mass is 280 g/mol. The van der Waals surface area contributed by atoms with E-state index in [0.717, 1.165) is 5.56 Å². The molecule has 1 fully saturated rings. The van der Waals surface area contributed by atoms with Crippen molar-refractivity contribution in [2.45, 2.75) is 45.4 Å². The van der Waals surface area contributed by atoms with E-state index in [1.165, 1.54) is 0 Å². The third-order valence-electron chi connectivity index (χ3n) is 3.43. The van der Waals surface area contributed by atoms with Gasteiger partial charge in [-0.15, -0.1) is 0 Å². The van der Waals surface area contributed by atoms with E-state index in [-0.39, 0.29) is 17.0 Å². The van der Waals surface area contributed by atoms with Crippen LogP contribution in [0.2, 0.25) is 0 Å². The molecule has 0 unspecified atom stereocenters. The molecule has 20 heavy (non-hydrogen) atoms. The summed E-state index contributed by atoms with van der Waals surface area (Å²) in [5, 5.41) is 3.04. The molecule has 1 N–H and O–H groups in total. The minimum absolute atomic E-state index is 0.161. The first-order chi connectivity index (χ1) is 9.22. The summed E-state index contributed by atoms with van der Waals surface area (Å²) in [5.41, 5.74) is 1.06. The van der Waals surface area contributed by atoms with Crippen LogP contribution in [-0.4, -0.2) is 31.3 Å². The van der Waals surface area contributed by atoms with Crippen LogP contribution >= 0.6 is 0 Å². The molecular formula is C16H25FN2O. The van der Waals surface area contributed by atoms with Gasteiger partial charge in [0.1, 0.15) is 5.82 Å². The average Bonchev–Trinajstić information content (AvgIpc) is 2.25. The Hall–Kier alpha value is -1.13. The highest BCUT2D eigenvalue weighted by Crippen LogP contribution is 2.32. The molecule has 0 aromatic heterocycles. The van der Waals surface area contributed by atoms with E-state index in [4.69, 9.17) is 4.74 Å². The van der Waals surface area contributed by atoms with Gasteiger partial charge >= 0.3 is 0 Å². The van der Waals surface area contributed by atoms with Gasteiger partial charge in [0.05, 0.1) is 16.9 Å². The fourth-order valence-corrected chi connectivity index (χ4v) is 3.08. The second-order valence-electron chi connectivity index (χ2n) is 6.79. The number of rotatable bonds is 3. The molecule has 1 saturated heterocycles. The molecule has 112 valence electrons. The fourth-order valence-electron chi connectivity index (χ4n) is 3.08. The molecule has 1 aromatic rings. The zero-order chi connectivity index (χ0) is 15.0. The molecule has 0 radical (unpaired) electrons. The molecule has 1 aliphatic heterocycles. The number of ether oxygens (including phenoxy) is 1. The zero-order valence-electron chi connectivity index (χ0n) is 13.1. The standard InChI is InChI=1S/C16H25FN2O/c1-15(2)10-19(11-16(3,4)20-15)14-7-6-12(9-18-5)8-13(14)17/h6-8,18H,9-11H2,1-5H3. The third kappa shape index (κ3) is 3.49. The number of nitrogens with one attached hydrogen (secondary N) is 1. The first-order valence-electron chi connectivity index (χ1n) is 7.11. The summed E-state index contributed by atoms with van der Waals surface area (Å²) in [7, 11) is 1.86. The smallest absolute Gasteiger partial charge is 0.146 e. The lowest BCUT2D eigenvalue weighted by atomic mass is 9.98. The summed E-state index contributed by atoms with van der Waals surface area (Å²) in [4.78, 5) is 2.09. The van der Waals surface area contributed by atoms with Crippen molar-refractivity contribution >= 4 is 5.69 Å². The van der Waals surface area contributed by atoms with Crippen molar-refractivity contribution in [3.8, 4) is 0 Å². The van der Waals surface area contributed by atoms with Crippen LogP contribution in [0.3, 0.4) is 0 Å². The van der Waals surface area contributed by atoms with Crippen molar-refractivity contribution in [2.75, 3.05) is 25.0 Å². The Morgan fingerprint density at radius 2 is 1.80 bits per heavy atom. The minimum atomic E-state index is -0.280. The topological polar surface area (TPSA) is 24.5 Å². The quantitative estimate of drug-likeness (QED) is 0.921. The van der Waals surface area contributed by atoms with Crippen molar-refractivity contribution in [1.82, 2.24) is 5.32 Å². The average molecular weight is 280 g/mol. The summed E-state index contributed by atoms with van der Waals surface area (Å²) >= 11 is 0. The number of benzene rings is 1. The maximum atomic E-state index is 14.4. The van der Waals surface area contributed by atoms with Crippen LogP contribution in [0.4, 0.5) is 10.1 Å². The largest absolute Gasteiger partial charge is 0.366 e. The second kappa shape index (κ2) is 5.34. The van der Waals surface area contributed by atoms with E-state index in [9.17, 15) is 4.39 Å². The number of hydrogen-bond donors (Lipinski definition) is 1. The van der Waals surface area contributed by atoms with Crippen molar-refractivity contribution in [1.29, 1.82) is 0 Å². The highest BCUT2D eigenvalue weighted by molar-refractivity contribution is 5.50. The lowest BCUT2D eigenvalue weighted by molar-refractivity contribution is -0.133. The number of morpholine rings is 1. The van der Waals surface area contributed by atoms with Gasteiger partial charge in [0.25, 0.3) is 0 Å². The predicted molar refractivity (Wildman–Crippen MR) is 80.6 cm³/mol. The Bertz CT molecular complexity index is 469. The highest BCUT2D eigenvalue weighted by Gasteiger charge is 2.38. The number of hydrogen-bond acceptors (Lipinski definition) is 3. The molecule has 0 amide bonds. The van der Waals surface area contributed by atoms with Gasteiger partial charge in [-0.1, -0.05) is 6.07 Å². The van der Waals surface area contributed by atoms with E-state index in [0.29, 0.717) is 25.3 Å². The van der Waals surface area contributed by atoms with Gasteiger partial charge in [0.15, 0.2) is 0 Å². The summed E-state index contributed by atoms with van der Waals surface area (Å²) in [6.45, 7) is 10.3. The van der Waals surface area contributed by atoms with Crippen LogP contribution in [0.1, 0.15) is 33.3 Å². The Balaban J connectivity index is 2.26. The molecule has 0 bridgehead atoms. The molecular weight excluding hydrogens is 255 g/mol. The number of nitrogens with zero attached hydrogens (tertiary/aromatic N) is 1. The van der Waals surface area contributed by atoms with Crippen LogP contribution in [-0.2, 0) is 11.3 Å². The predicted octanol–water partition coefficient (Wildman–Crippen LogP) is 2.94. The Labute approximate surface area is 121 Å². The Kier molecular flexibility index (Phi) is 4.07. The van der Waals surface area contributed by atoms with E-state index < -0.39 is 0 Å². The van der Waals surface area contributed by atoms with Gasteiger partial charge in [0, 0.05) is 19.6 Å². The highest BCUT2D eigenvalue weighted by atomic mass is 19.1. The van der Waals surface area contributed by atoms with Gasteiger partial charge in [-0.3, -0.25) is 0 Å². The zero-order valence-corrected chi connectivity index (χ0v) is 13.1. The van der Waals surface area contributed by atoms with Crippen molar-refractivity contribution in [2.24, 2.45) is 0 Å². The molecule has 0 saturated carbocycles. The molecule has 1 aromatic carbocycles.